The molecule has 0 fully saturated rings. The van der Waals surface area contributed by atoms with Crippen molar-refractivity contribution in [2.75, 3.05) is 17.3 Å². The first-order valence-corrected chi connectivity index (χ1v) is 9.03. The van der Waals surface area contributed by atoms with E-state index >= 15 is 0 Å². The molecule has 0 heterocycles. The number of carbonyl (C=O) groups excluding carboxylic acids is 1. The fourth-order valence-corrected chi connectivity index (χ4v) is 2.68. The monoisotopic (exact) mass is 412 g/mol. The Hall–Kier alpha value is -0.440. The maximum atomic E-state index is 11.8. The number of anilines is 1. The molecule has 0 aliphatic heterocycles. The van der Waals surface area contributed by atoms with Crippen LogP contribution in [0, 0.1) is 0 Å². The van der Waals surface area contributed by atoms with E-state index in [4.69, 9.17) is 5.73 Å². The van der Waals surface area contributed by atoms with Crippen molar-refractivity contribution < 1.29 is 13.2 Å². The summed E-state index contributed by atoms with van der Waals surface area (Å²) in [6, 6.07) is 4.47. The summed E-state index contributed by atoms with van der Waals surface area (Å²) in [5.74, 6) is -0.524. The molecule has 5 nitrogen and oxygen atoms in total. The first-order chi connectivity index (χ1) is 8.69. The highest BCUT2D eigenvalue weighted by Crippen LogP contribution is 2.26. The van der Waals surface area contributed by atoms with Gasteiger partial charge >= 0.3 is 0 Å². The van der Waals surface area contributed by atoms with E-state index in [9.17, 15) is 13.2 Å². The second-order valence-electron chi connectivity index (χ2n) is 4.14. The topological polar surface area (TPSA) is 89.3 Å². The molecule has 0 bridgehead atoms. The van der Waals surface area contributed by atoms with E-state index in [-0.39, 0.29) is 12.2 Å². The maximum Gasteiger partial charge on any atom is 0.241 e. The quantitative estimate of drug-likeness (QED) is 0.771. The third-order valence-electron chi connectivity index (χ3n) is 2.32. The van der Waals surface area contributed by atoms with Gasteiger partial charge in [0.25, 0.3) is 0 Å². The van der Waals surface area contributed by atoms with Gasteiger partial charge in [-0.05, 0) is 40.5 Å². The molecule has 3 N–H and O–H groups in total. The molecule has 19 heavy (non-hydrogen) atoms. The minimum atomic E-state index is -3.12. The molecule has 1 aromatic rings. The number of nitrogens with one attached hydrogen (secondary N) is 1. The third kappa shape index (κ3) is 6.03. The van der Waals surface area contributed by atoms with Gasteiger partial charge in [-0.1, -0.05) is 15.9 Å². The van der Waals surface area contributed by atoms with Gasteiger partial charge in [-0.15, -0.1) is 0 Å². The normalized spacial score (nSPS) is 13.1. The van der Waals surface area contributed by atoms with E-state index in [0.717, 1.165) is 15.2 Å². The molecule has 0 saturated heterocycles. The van der Waals surface area contributed by atoms with Crippen molar-refractivity contribution >= 4 is 53.3 Å². The molecule has 1 atom stereocenters. The summed E-state index contributed by atoms with van der Waals surface area (Å²) in [6.45, 7) is 0. The molecular weight excluding hydrogens is 400 g/mol. The molecule has 0 aliphatic rings. The first kappa shape index (κ1) is 16.6. The molecule has 0 saturated carbocycles. The van der Waals surface area contributed by atoms with E-state index < -0.39 is 21.8 Å². The van der Waals surface area contributed by atoms with Crippen LogP contribution < -0.4 is 11.1 Å². The molecule has 106 valence electrons. The average Bonchev–Trinajstić information content (AvgIpc) is 2.29. The molecule has 8 heteroatoms. The number of sulfone groups is 1. The van der Waals surface area contributed by atoms with Gasteiger partial charge < -0.3 is 11.1 Å². The second-order valence-corrected chi connectivity index (χ2v) is 8.17. The number of amides is 1. The van der Waals surface area contributed by atoms with E-state index in [1.54, 1.807) is 12.1 Å². The van der Waals surface area contributed by atoms with Crippen LogP contribution in [0.15, 0.2) is 27.1 Å². The number of benzene rings is 1. The molecule has 1 amide bonds. The molecule has 1 aromatic carbocycles. The van der Waals surface area contributed by atoms with Crippen LogP contribution in [-0.4, -0.2) is 32.4 Å². The summed E-state index contributed by atoms with van der Waals surface area (Å²) in [5.41, 5.74) is 6.23. The SMILES string of the molecule is CS(=O)(=O)CCC(N)C(=O)Nc1cc(Br)ccc1Br. The van der Waals surface area contributed by atoms with Crippen LogP contribution in [0.5, 0.6) is 0 Å². The number of rotatable bonds is 5. The first-order valence-electron chi connectivity index (χ1n) is 5.38. The predicted molar refractivity (Wildman–Crippen MR) is 82.8 cm³/mol. The Bertz CT molecular complexity index is 575. The van der Waals surface area contributed by atoms with Crippen LogP contribution in [-0.2, 0) is 14.6 Å². The highest BCUT2D eigenvalue weighted by molar-refractivity contribution is 9.11. The van der Waals surface area contributed by atoms with Gasteiger partial charge in [0.2, 0.25) is 5.91 Å². The summed E-state index contributed by atoms with van der Waals surface area (Å²) < 4.78 is 23.6. The van der Waals surface area contributed by atoms with Gasteiger partial charge in [0.05, 0.1) is 17.5 Å². The summed E-state index contributed by atoms with van der Waals surface area (Å²) >= 11 is 6.60. The van der Waals surface area contributed by atoms with Gasteiger partial charge in [0.15, 0.2) is 0 Å². The zero-order valence-electron chi connectivity index (χ0n) is 10.2. The fraction of sp³-hybridized carbons (Fsp3) is 0.364. The lowest BCUT2D eigenvalue weighted by Crippen LogP contribution is -2.37. The summed E-state index contributed by atoms with van der Waals surface area (Å²) in [6.07, 6.45) is 1.21. The van der Waals surface area contributed by atoms with Crippen LogP contribution in [0.1, 0.15) is 6.42 Å². The number of nitrogens with two attached hydrogens (primary N) is 1. The fourth-order valence-electron chi connectivity index (χ4n) is 1.29. The highest BCUT2D eigenvalue weighted by atomic mass is 79.9. The van der Waals surface area contributed by atoms with Crippen LogP contribution >= 0.6 is 31.9 Å². The summed E-state index contributed by atoms with van der Waals surface area (Å²) in [7, 11) is -3.12. The average molecular weight is 414 g/mol. The Balaban J connectivity index is 2.66. The van der Waals surface area contributed by atoms with Crippen LogP contribution in [0.2, 0.25) is 0 Å². The van der Waals surface area contributed by atoms with Crippen molar-refractivity contribution in [2.24, 2.45) is 5.73 Å². The minimum absolute atomic E-state index is 0.0935. The Labute approximate surface area is 129 Å². The lowest BCUT2D eigenvalue weighted by Gasteiger charge is -2.13. The third-order valence-corrected chi connectivity index (χ3v) is 4.48. The van der Waals surface area contributed by atoms with E-state index in [0.29, 0.717) is 5.69 Å². The summed E-state index contributed by atoms with van der Waals surface area (Å²) in [5, 5.41) is 2.65. The largest absolute Gasteiger partial charge is 0.324 e. The zero-order chi connectivity index (χ0) is 14.6. The second kappa shape index (κ2) is 6.83. The lowest BCUT2D eigenvalue weighted by molar-refractivity contribution is -0.117. The number of hydrogen-bond acceptors (Lipinski definition) is 4. The van der Waals surface area contributed by atoms with E-state index in [1.165, 1.54) is 0 Å². The Morgan fingerprint density at radius 2 is 2.05 bits per heavy atom. The van der Waals surface area contributed by atoms with Crippen molar-refractivity contribution in [1.82, 2.24) is 0 Å². The van der Waals surface area contributed by atoms with Gasteiger partial charge in [-0.25, -0.2) is 8.42 Å². The van der Waals surface area contributed by atoms with Crippen LogP contribution in [0.25, 0.3) is 0 Å². The molecule has 0 radical (unpaired) electrons. The lowest BCUT2D eigenvalue weighted by atomic mass is 10.2. The Morgan fingerprint density at radius 1 is 1.42 bits per heavy atom. The van der Waals surface area contributed by atoms with Crippen molar-refractivity contribution in [3.8, 4) is 0 Å². The minimum Gasteiger partial charge on any atom is -0.324 e. The van der Waals surface area contributed by atoms with E-state index in [2.05, 4.69) is 37.2 Å². The van der Waals surface area contributed by atoms with Gasteiger partial charge in [0.1, 0.15) is 9.84 Å². The van der Waals surface area contributed by atoms with Gasteiger partial charge in [-0.2, -0.15) is 0 Å². The zero-order valence-corrected chi connectivity index (χ0v) is 14.2. The molecule has 0 spiro atoms. The Kier molecular flexibility index (Phi) is 5.97. The van der Waals surface area contributed by atoms with Crippen molar-refractivity contribution in [2.45, 2.75) is 12.5 Å². The number of carbonyl (C=O) groups is 1. The maximum absolute atomic E-state index is 11.8. The van der Waals surface area contributed by atoms with Gasteiger partial charge in [-0.3, -0.25) is 4.79 Å². The highest BCUT2D eigenvalue weighted by Gasteiger charge is 2.17. The van der Waals surface area contributed by atoms with Crippen LogP contribution in [0.4, 0.5) is 5.69 Å². The molecule has 1 rings (SSSR count). The van der Waals surface area contributed by atoms with Crippen LogP contribution in [0.3, 0.4) is 0 Å². The molecule has 1 unspecified atom stereocenters. The van der Waals surface area contributed by atoms with Crippen molar-refractivity contribution in [3.63, 3.8) is 0 Å². The standard InChI is InChI=1S/C11H14Br2N2O3S/c1-19(17,18)5-4-9(14)11(16)15-10-6-7(12)2-3-8(10)13/h2-3,6,9H,4-5,14H2,1H3,(H,15,16). The number of hydrogen-bond donors (Lipinski definition) is 2. The van der Waals surface area contributed by atoms with E-state index in [1.807, 2.05) is 6.07 Å². The predicted octanol–water partition coefficient (Wildman–Crippen LogP) is 1.91. The molecule has 0 aliphatic carbocycles. The molecular formula is C11H14Br2N2O3S. The Morgan fingerprint density at radius 3 is 2.63 bits per heavy atom. The smallest absolute Gasteiger partial charge is 0.241 e. The summed E-state index contributed by atoms with van der Waals surface area (Å²) in [4.78, 5) is 11.8. The van der Waals surface area contributed by atoms with Crippen molar-refractivity contribution in [3.05, 3.63) is 27.1 Å². The molecule has 0 aromatic heterocycles. The van der Waals surface area contributed by atoms with Gasteiger partial charge in [0, 0.05) is 15.2 Å². The van der Waals surface area contributed by atoms with Crippen molar-refractivity contribution in [1.29, 1.82) is 0 Å². The number of halogens is 2.